The molecule has 0 aromatic rings. The fraction of sp³-hybridized carbons (Fsp3) is 0.846. The number of methoxy groups -OCH3 is 1. The van der Waals surface area contributed by atoms with Crippen LogP contribution in [0.2, 0.25) is 0 Å². The molecule has 2 aliphatic heterocycles. The zero-order valence-electron chi connectivity index (χ0n) is 11.1. The predicted molar refractivity (Wildman–Crippen MR) is 67.2 cm³/mol. The smallest absolute Gasteiger partial charge is 0.328 e. The molecule has 0 N–H and O–H groups in total. The molecular weight excluding hydrogens is 232 g/mol. The van der Waals surface area contributed by atoms with E-state index in [9.17, 15) is 9.59 Å². The van der Waals surface area contributed by atoms with Gasteiger partial charge in [0, 0.05) is 19.6 Å². The fourth-order valence-electron chi connectivity index (χ4n) is 2.81. The Hall–Kier alpha value is -1.26. The van der Waals surface area contributed by atoms with E-state index >= 15 is 0 Å². The second-order valence-corrected chi connectivity index (χ2v) is 5.06. The van der Waals surface area contributed by atoms with Gasteiger partial charge >= 0.3 is 12.0 Å². The second kappa shape index (κ2) is 6.07. The van der Waals surface area contributed by atoms with E-state index in [2.05, 4.69) is 0 Å². The second-order valence-electron chi connectivity index (χ2n) is 5.06. The Morgan fingerprint density at radius 1 is 1.00 bits per heavy atom. The molecule has 2 saturated heterocycles. The van der Waals surface area contributed by atoms with Crippen molar-refractivity contribution in [1.29, 1.82) is 0 Å². The van der Waals surface area contributed by atoms with Crippen molar-refractivity contribution in [2.24, 2.45) is 0 Å². The molecule has 0 unspecified atom stereocenters. The number of esters is 1. The van der Waals surface area contributed by atoms with Gasteiger partial charge in [0.25, 0.3) is 0 Å². The molecular formula is C13H22N2O3. The SMILES string of the molecule is COC(=O)[C@H]1CCCCN1C(=O)N1CCCCC1. The lowest BCUT2D eigenvalue weighted by atomic mass is 10.0. The van der Waals surface area contributed by atoms with Gasteiger partial charge in [-0.3, -0.25) is 0 Å². The van der Waals surface area contributed by atoms with Crippen molar-refractivity contribution in [3.05, 3.63) is 0 Å². The first kappa shape index (κ1) is 13.2. The van der Waals surface area contributed by atoms with Gasteiger partial charge in [-0.2, -0.15) is 0 Å². The topological polar surface area (TPSA) is 49.9 Å². The van der Waals surface area contributed by atoms with Gasteiger partial charge in [0.15, 0.2) is 0 Å². The van der Waals surface area contributed by atoms with Crippen molar-refractivity contribution in [3.63, 3.8) is 0 Å². The minimum Gasteiger partial charge on any atom is -0.467 e. The number of carbonyl (C=O) groups excluding carboxylic acids is 2. The largest absolute Gasteiger partial charge is 0.467 e. The molecule has 0 spiro atoms. The predicted octanol–water partition coefficient (Wildman–Crippen LogP) is 1.62. The highest BCUT2D eigenvalue weighted by Gasteiger charge is 2.35. The molecule has 5 heteroatoms. The van der Waals surface area contributed by atoms with Crippen molar-refractivity contribution in [2.45, 2.75) is 44.6 Å². The average molecular weight is 254 g/mol. The lowest BCUT2D eigenvalue weighted by Crippen LogP contribution is -2.54. The van der Waals surface area contributed by atoms with Crippen LogP contribution in [0.1, 0.15) is 38.5 Å². The van der Waals surface area contributed by atoms with Crippen molar-refractivity contribution >= 4 is 12.0 Å². The summed E-state index contributed by atoms with van der Waals surface area (Å²) in [5.41, 5.74) is 0. The lowest BCUT2D eigenvalue weighted by molar-refractivity contribution is -0.147. The van der Waals surface area contributed by atoms with Gasteiger partial charge in [-0.25, -0.2) is 9.59 Å². The minimum absolute atomic E-state index is 0.0183. The number of urea groups is 1. The van der Waals surface area contributed by atoms with E-state index in [-0.39, 0.29) is 18.0 Å². The molecule has 2 fully saturated rings. The third-order valence-electron chi connectivity index (χ3n) is 3.85. The van der Waals surface area contributed by atoms with Crippen LogP contribution in [0.25, 0.3) is 0 Å². The summed E-state index contributed by atoms with van der Waals surface area (Å²) in [4.78, 5) is 27.7. The number of ether oxygens (including phenoxy) is 1. The van der Waals surface area contributed by atoms with Gasteiger partial charge in [-0.15, -0.1) is 0 Å². The molecule has 2 aliphatic rings. The van der Waals surface area contributed by atoms with E-state index in [1.54, 1.807) is 4.90 Å². The molecule has 2 rings (SSSR count). The van der Waals surface area contributed by atoms with Gasteiger partial charge in [0.1, 0.15) is 6.04 Å². The third-order valence-corrected chi connectivity index (χ3v) is 3.85. The summed E-state index contributed by atoms with van der Waals surface area (Å²) in [5.74, 6) is -0.278. The summed E-state index contributed by atoms with van der Waals surface area (Å²) in [5, 5.41) is 0. The highest BCUT2D eigenvalue weighted by molar-refractivity contribution is 5.84. The summed E-state index contributed by atoms with van der Waals surface area (Å²) in [6.07, 6.45) is 6.04. The van der Waals surface area contributed by atoms with E-state index in [1.165, 1.54) is 13.5 Å². The molecule has 0 radical (unpaired) electrons. The van der Waals surface area contributed by atoms with E-state index in [1.807, 2.05) is 4.90 Å². The van der Waals surface area contributed by atoms with Gasteiger partial charge < -0.3 is 14.5 Å². The summed E-state index contributed by atoms with van der Waals surface area (Å²) >= 11 is 0. The van der Waals surface area contributed by atoms with E-state index < -0.39 is 0 Å². The summed E-state index contributed by atoms with van der Waals surface area (Å²) in [6, 6.07) is -0.358. The quantitative estimate of drug-likeness (QED) is 0.668. The molecule has 18 heavy (non-hydrogen) atoms. The minimum atomic E-state index is -0.377. The molecule has 102 valence electrons. The molecule has 0 saturated carbocycles. The number of hydrogen-bond donors (Lipinski definition) is 0. The number of piperidine rings is 2. The average Bonchev–Trinajstić information content (AvgIpc) is 2.46. The van der Waals surface area contributed by atoms with Crippen LogP contribution in [0.3, 0.4) is 0 Å². The first-order valence-electron chi connectivity index (χ1n) is 6.87. The molecule has 2 amide bonds. The maximum Gasteiger partial charge on any atom is 0.328 e. The zero-order valence-corrected chi connectivity index (χ0v) is 11.1. The maximum atomic E-state index is 12.4. The summed E-state index contributed by atoms with van der Waals surface area (Å²) < 4.78 is 4.81. The van der Waals surface area contributed by atoms with Gasteiger partial charge in [-0.05, 0) is 38.5 Å². The number of likely N-dealkylation sites (tertiary alicyclic amines) is 2. The van der Waals surface area contributed by atoms with Crippen LogP contribution >= 0.6 is 0 Å². The Kier molecular flexibility index (Phi) is 4.44. The first-order valence-corrected chi connectivity index (χ1v) is 6.87. The van der Waals surface area contributed by atoms with Gasteiger partial charge in [-0.1, -0.05) is 0 Å². The fourth-order valence-corrected chi connectivity index (χ4v) is 2.81. The van der Waals surface area contributed by atoms with Crippen LogP contribution in [-0.4, -0.2) is 54.6 Å². The Bertz CT molecular complexity index is 313. The Morgan fingerprint density at radius 3 is 2.33 bits per heavy atom. The molecule has 0 aliphatic carbocycles. The Balaban J connectivity index is 2.03. The van der Waals surface area contributed by atoms with E-state index in [4.69, 9.17) is 4.74 Å². The molecule has 0 bridgehead atoms. The van der Waals surface area contributed by atoms with Crippen molar-refractivity contribution in [3.8, 4) is 0 Å². The standard InChI is InChI=1S/C13H22N2O3/c1-18-12(16)11-7-3-6-10-15(11)13(17)14-8-4-2-5-9-14/h11H,2-10H2,1H3/t11-/m1/s1. The van der Waals surface area contributed by atoms with E-state index in [0.29, 0.717) is 6.54 Å². The van der Waals surface area contributed by atoms with Crippen LogP contribution in [0.5, 0.6) is 0 Å². The van der Waals surface area contributed by atoms with Crippen LogP contribution in [0.4, 0.5) is 4.79 Å². The summed E-state index contributed by atoms with van der Waals surface area (Å²) in [7, 11) is 1.39. The molecule has 5 nitrogen and oxygen atoms in total. The number of nitrogens with zero attached hydrogens (tertiary/aromatic N) is 2. The maximum absolute atomic E-state index is 12.4. The lowest BCUT2D eigenvalue weighted by Gasteiger charge is -2.38. The Labute approximate surface area is 108 Å². The number of rotatable bonds is 1. The summed E-state index contributed by atoms with van der Waals surface area (Å²) in [6.45, 7) is 2.32. The number of amides is 2. The molecule has 1 atom stereocenters. The van der Waals surface area contributed by atoms with Gasteiger partial charge in [0.2, 0.25) is 0 Å². The van der Waals surface area contributed by atoms with E-state index in [0.717, 1.165) is 45.2 Å². The highest BCUT2D eigenvalue weighted by Crippen LogP contribution is 2.21. The Morgan fingerprint density at radius 2 is 1.67 bits per heavy atom. The third kappa shape index (κ3) is 2.76. The monoisotopic (exact) mass is 254 g/mol. The van der Waals surface area contributed by atoms with Crippen molar-refractivity contribution in [1.82, 2.24) is 9.80 Å². The zero-order chi connectivity index (χ0) is 13.0. The van der Waals surface area contributed by atoms with Gasteiger partial charge in [0.05, 0.1) is 7.11 Å². The van der Waals surface area contributed by atoms with Crippen LogP contribution < -0.4 is 0 Å². The number of hydrogen-bond acceptors (Lipinski definition) is 3. The normalized spacial score (nSPS) is 24.8. The van der Waals surface area contributed by atoms with Crippen LogP contribution in [0.15, 0.2) is 0 Å². The van der Waals surface area contributed by atoms with Crippen LogP contribution in [0, 0.1) is 0 Å². The number of carbonyl (C=O) groups is 2. The molecule has 0 aromatic carbocycles. The van der Waals surface area contributed by atoms with Crippen molar-refractivity contribution in [2.75, 3.05) is 26.7 Å². The van der Waals surface area contributed by atoms with Crippen molar-refractivity contribution < 1.29 is 14.3 Å². The van der Waals surface area contributed by atoms with Crippen LogP contribution in [-0.2, 0) is 9.53 Å². The highest BCUT2D eigenvalue weighted by atomic mass is 16.5. The molecule has 2 heterocycles. The first-order chi connectivity index (χ1) is 8.74. The molecule has 0 aromatic heterocycles.